The molecule has 1 aromatic carbocycles. The number of nitrogens with zero attached hydrogens (tertiary/aromatic N) is 2. The van der Waals surface area contributed by atoms with E-state index in [1.807, 2.05) is 26.8 Å². The summed E-state index contributed by atoms with van der Waals surface area (Å²) in [5, 5.41) is 44.8. The van der Waals surface area contributed by atoms with Crippen molar-refractivity contribution in [1.82, 2.24) is 9.78 Å². The summed E-state index contributed by atoms with van der Waals surface area (Å²) >= 11 is 6.26. The highest BCUT2D eigenvalue weighted by Gasteiger charge is 2.45. The van der Waals surface area contributed by atoms with Crippen molar-refractivity contribution in [2.45, 2.75) is 63.9 Å². The molecule has 1 aliphatic rings. The standard InChI is InChI=1S/C21H29ClN2O7/c1-10(2)24-11(3)13(7-12-5-6-15(29-4)14(22)8-12)20(23-24)31-21-19(28)18(27)17(26)16(9-25)30-21/h5-6,8,10,16-19,21,25-28H,7,9H2,1-4H3/t16-,17-,18?,19-,21+/m1/s1. The van der Waals surface area contributed by atoms with Crippen molar-refractivity contribution in [2.24, 2.45) is 0 Å². The Labute approximate surface area is 185 Å². The fraction of sp³-hybridized carbons (Fsp3) is 0.571. The van der Waals surface area contributed by atoms with Crippen LogP contribution >= 0.6 is 11.6 Å². The molecule has 0 amide bonds. The summed E-state index contributed by atoms with van der Waals surface area (Å²) in [5.41, 5.74) is 2.52. The Morgan fingerprint density at radius 2 is 1.90 bits per heavy atom. The molecule has 3 rings (SSSR count). The maximum absolute atomic E-state index is 10.3. The zero-order chi connectivity index (χ0) is 22.9. The minimum Gasteiger partial charge on any atom is -0.495 e. The average Bonchev–Trinajstić information content (AvgIpc) is 3.04. The van der Waals surface area contributed by atoms with Crippen LogP contribution in [-0.2, 0) is 11.2 Å². The molecule has 9 nitrogen and oxygen atoms in total. The maximum atomic E-state index is 10.3. The van der Waals surface area contributed by atoms with Gasteiger partial charge in [-0.25, -0.2) is 0 Å². The van der Waals surface area contributed by atoms with Crippen molar-refractivity contribution in [2.75, 3.05) is 13.7 Å². The first-order chi connectivity index (χ1) is 14.7. The second-order valence-electron chi connectivity index (χ2n) is 7.87. The fourth-order valence-electron chi connectivity index (χ4n) is 3.63. The van der Waals surface area contributed by atoms with Crippen molar-refractivity contribution < 1.29 is 34.6 Å². The molecule has 172 valence electrons. The van der Waals surface area contributed by atoms with E-state index in [2.05, 4.69) is 5.10 Å². The van der Waals surface area contributed by atoms with Gasteiger partial charge in [0.1, 0.15) is 30.2 Å². The number of aliphatic hydroxyl groups excluding tert-OH is 4. The Morgan fingerprint density at radius 3 is 2.48 bits per heavy atom. The van der Waals surface area contributed by atoms with Crippen LogP contribution in [0.5, 0.6) is 11.6 Å². The molecule has 2 heterocycles. The lowest BCUT2D eigenvalue weighted by Gasteiger charge is -2.39. The molecule has 4 N–H and O–H groups in total. The molecule has 1 saturated heterocycles. The zero-order valence-electron chi connectivity index (χ0n) is 17.9. The molecule has 5 atom stereocenters. The Hall–Kier alpha value is -1.88. The molecule has 2 aromatic rings. The maximum Gasteiger partial charge on any atom is 0.239 e. The van der Waals surface area contributed by atoms with E-state index in [0.717, 1.165) is 16.8 Å². The van der Waals surface area contributed by atoms with Crippen LogP contribution in [0.1, 0.15) is 36.7 Å². The van der Waals surface area contributed by atoms with Gasteiger partial charge in [-0.05, 0) is 38.5 Å². The van der Waals surface area contributed by atoms with Crippen LogP contribution in [0.4, 0.5) is 0 Å². The molecule has 0 spiro atoms. The summed E-state index contributed by atoms with van der Waals surface area (Å²) in [4.78, 5) is 0. The number of benzene rings is 1. The number of hydrogen-bond acceptors (Lipinski definition) is 8. The number of aromatic nitrogens is 2. The Balaban J connectivity index is 1.93. The fourth-order valence-corrected chi connectivity index (χ4v) is 3.91. The van der Waals surface area contributed by atoms with Crippen molar-refractivity contribution in [3.63, 3.8) is 0 Å². The molecule has 0 saturated carbocycles. The van der Waals surface area contributed by atoms with Crippen molar-refractivity contribution >= 4 is 11.6 Å². The molecular formula is C21H29ClN2O7. The molecule has 1 fully saturated rings. The van der Waals surface area contributed by atoms with Crippen LogP contribution < -0.4 is 9.47 Å². The van der Waals surface area contributed by atoms with Gasteiger partial charge >= 0.3 is 0 Å². The lowest BCUT2D eigenvalue weighted by molar-refractivity contribution is -0.278. The van der Waals surface area contributed by atoms with E-state index in [9.17, 15) is 20.4 Å². The minimum atomic E-state index is -1.53. The van der Waals surface area contributed by atoms with E-state index in [1.165, 1.54) is 0 Å². The lowest BCUT2D eigenvalue weighted by atomic mass is 9.99. The topological polar surface area (TPSA) is 126 Å². The van der Waals surface area contributed by atoms with Gasteiger partial charge in [0.2, 0.25) is 12.2 Å². The number of methoxy groups -OCH3 is 1. The van der Waals surface area contributed by atoms with Crippen LogP contribution in [0.2, 0.25) is 5.02 Å². The highest BCUT2D eigenvalue weighted by Crippen LogP contribution is 2.32. The first kappa shape index (κ1) is 23.8. The number of hydrogen-bond donors (Lipinski definition) is 4. The molecule has 10 heteroatoms. The van der Waals surface area contributed by atoms with Crippen molar-refractivity contribution in [3.05, 3.63) is 40.0 Å². The third-order valence-corrected chi connectivity index (χ3v) is 5.69. The first-order valence-corrected chi connectivity index (χ1v) is 10.4. The van der Waals surface area contributed by atoms with Gasteiger partial charge in [-0.3, -0.25) is 4.68 Å². The molecular weight excluding hydrogens is 428 g/mol. The lowest BCUT2D eigenvalue weighted by Crippen LogP contribution is -2.60. The zero-order valence-corrected chi connectivity index (χ0v) is 18.7. The summed E-state index contributed by atoms with van der Waals surface area (Å²) in [6.45, 7) is 5.33. The van der Waals surface area contributed by atoms with Crippen LogP contribution in [0, 0.1) is 6.92 Å². The molecule has 31 heavy (non-hydrogen) atoms. The van der Waals surface area contributed by atoms with Gasteiger partial charge in [0, 0.05) is 23.7 Å². The van der Waals surface area contributed by atoms with E-state index < -0.39 is 37.3 Å². The van der Waals surface area contributed by atoms with Gasteiger partial charge in [-0.15, -0.1) is 5.10 Å². The Kier molecular flexibility index (Phi) is 7.46. The van der Waals surface area contributed by atoms with E-state index >= 15 is 0 Å². The largest absolute Gasteiger partial charge is 0.495 e. The van der Waals surface area contributed by atoms with E-state index in [-0.39, 0.29) is 11.9 Å². The summed E-state index contributed by atoms with van der Waals surface area (Å²) in [6, 6.07) is 5.50. The smallest absolute Gasteiger partial charge is 0.239 e. The molecule has 1 aliphatic heterocycles. The van der Waals surface area contributed by atoms with Crippen LogP contribution in [0.25, 0.3) is 0 Å². The quantitative estimate of drug-likeness (QED) is 0.489. The molecule has 0 aliphatic carbocycles. The summed E-state index contributed by atoms with van der Waals surface area (Å²) < 4.78 is 18.3. The first-order valence-electron chi connectivity index (χ1n) is 10.1. The van der Waals surface area contributed by atoms with Gasteiger partial charge in [-0.2, -0.15) is 0 Å². The average molecular weight is 457 g/mol. The van der Waals surface area contributed by atoms with Crippen LogP contribution in [0.15, 0.2) is 18.2 Å². The predicted octanol–water partition coefficient (Wildman–Crippen LogP) is 1.20. The van der Waals surface area contributed by atoms with Gasteiger partial charge in [0.25, 0.3) is 0 Å². The normalized spacial score (nSPS) is 26.3. The summed E-state index contributed by atoms with van der Waals surface area (Å²) in [6.07, 6.45) is -6.46. The monoisotopic (exact) mass is 456 g/mol. The Morgan fingerprint density at radius 1 is 1.19 bits per heavy atom. The van der Waals surface area contributed by atoms with Gasteiger partial charge in [0.05, 0.1) is 18.7 Å². The molecule has 1 unspecified atom stereocenters. The summed E-state index contributed by atoms with van der Waals surface area (Å²) in [7, 11) is 1.55. The molecule has 1 aromatic heterocycles. The molecule has 0 radical (unpaired) electrons. The van der Waals surface area contributed by atoms with Crippen LogP contribution in [0.3, 0.4) is 0 Å². The van der Waals surface area contributed by atoms with Gasteiger partial charge in [0.15, 0.2) is 0 Å². The highest BCUT2D eigenvalue weighted by atomic mass is 35.5. The van der Waals surface area contributed by atoms with E-state index in [1.54, 1.807) is 23.9 Å². The predicted molar refractivity (Wildman–Crippen MR) is 113 cm³/mol. The third kappa shape index (κ3) is 4.82. The van der Waals surface area contributed by atoms with Crippen molar-refractivity contribution in [1.29, 1.82) is 0 Å². The number of aliphatic hydroxyl groups is 4. The van der Waals surface area contributed by atoms with Crippen LogP contribution in [-0.4, -0.2) is 74.6 Å². The SMILES string of the molecule is COc1ccc(Cc2c(O[C@@H]3O[C@H](CO)[C@@H](O)C(O)[C@H]3O)nn(C(C)C)c2C)cc1Cl. The Bertz CT molecular complexity index is 902. The molecule has 0 bridgehead atoms. The number of halogens is 1. The van der Waals surface area contributed by atoms with Gasteiger partial charge in [-0.1, -0.05) is 17.7 Å². The highest BCUT2D eigenvalue weighted by molar-refractivity contribution is 6.32. The minimum absolute atomic E-state index is 0.0466. The third-order valence-electron chi connectivity index (χ3n) is 5.40. The van der Waals surface area contributed by atoms with Crippen molar-refractivity contribution in [3.8, 4) is 11.6 Å². The van der Waals surface area contributed by atoms with E-state index in [4.69, 9.17) is 25.8 Å². The number of ether oxygens (including phenoxy) is 3. The number of rotatable bonds is 7. The van der Waals surface area contributed by atoms with Gasteiger partial charge < -0.3 is 34.6 Å². The van der Waals surface area contributed by atoms with E-state index in [0.29, 0.717) is 17.2 Å². The summed E-state index contributed by atoms with van der Waals surface area (Å²) in [5.74, 6) is 0.792. The second-order valence-corrected chi connectivity index (χ2v) is 8.28. The second kappa shape index (κ2) is 9.72.